The summed E-state index contributed by atoms with van der Waals surface area (Å²) in [7, 11) is 1.55. The van der Waals surface area contributed by atoms with Crippen molar-refractivity contribution in [3.05, 3.63) is 35.9 Å². The van der Waals surface area contributed by atoms with Gasteiger partial charge in [0.25, 0.3) is 0 Å². The molecule has 1 aromatic carbocycles. The largest absolute Gasteiger partial charge is 0.348 e. The van der Waals surface area contributed by atoms with Gasteiger partial charge >= 0.3 is 0 Å². The number of benzene rings is 1. The summed E-state index contributed by atoms with van der Waals surface area (Å²) >= 11 is 5.41. The van der Waals surface area contributed by atoms with Crippen molar-refractivity contribution >= 4 is 23.4 Å². The van der Waals surface area contributed by atoms with Crippen LogP contribution in [-0.4, -0.2) is 36.2 Å². The zero-order valence-corrected chi connectivity index (χ0v) is 11.3. The van der Waals surface area contributed by atoms with E-state index in [4.69, 9.17) is 11.6 Å². The standard InChI is InChI=1S/C13H17ClN2O2/c1-10(11-6-4-3-5-7-11)15-12(17)9-16(2)13(18)8-14/h3-7,10H,8-9H2,1-2H3,(H,15,17). The molecule has 0 fully saturated rings. The molecule has 0 heterocycles. The minimum absolute atomic E-state index is 0.0166. The van der Waals surface area contributed by atoms with Crippen LogP contribution in [0.15, 0.2) is 30.3 Å². The van der Waals surface area contributed by atoms with E-state index in [1.54, 1.807) is 7.05 Å². The van der Waals surface area contributed by atoms with E-state index < -0.39 is 0 Å². The Morgan fingerprint density at radius 2 is 1.94 bits per heavy atom. The molecule has 0 bridgehead atoms. The monoisotopic (exact) mass is 268 g/mol. The fraction of sp³-hybridized carbons (Fsp3) is 0.385. The number of amides is 2. The van der Waals surface area contributed by atoms with Gasteiger partial charge < -0.3 is 10.2 Å². The van der Waals surface area contributed by atoms with Crippen molar-refractivity contribution in [1.82, 2.24) is 10.2 Å². The maximum absolute atomic E-state index is 11.7. The third kappa shape index (κ3) is 4.37. The van der Waals surface area contributed by atoms with Crippen LogP contribution in [0, 0.1) is 0 Å². The number of hydrogen-bond acceptors (Lipinski definition) is 2. The molecular weight excluding hydrogens is 252 g/mol. The fourth-order valence-corrected chi connectivity index (χ4v) is 1.72. The van der Waals surface area contributed by atoms with Gasteiger partial charge in [-0.3, -0.25) is 9.59 Å². The van der Waals surface area contributed by atoms with Crippen molar-refractivity contribution in [2.45, 2.75) is 13.0 Å². The Bertz CT molecular complexity index is 409. The summed E-state index contributed by atoms with van der Waals surface area (Å²) < 4.78 is 0. The summed E-state index contributed by atoms with van der Waals surface area (Å²) in [5, 5.41) is 2.83. The third-order valence-electron chi connectivity index (χ3n) is 2.60. The minimum atomic E-state index is -0.265. The first-order chi connectivity index (χ1) is 8.54. The maximum Gasteiger partial charge on any atom is 0.240 e. The van der Waals surface area contributed by atoms with Crippen LogP contribution in [-0.2, 0) is 9.59 Å². The highest BCUT2D eigenvalue weighted by molar-refractivity contribution is 6.27. The van der Waals surface area contributed by atoms with Gasteiger partial charge in [0.2, 0.25) is 11.8 Å². The predicted octanol–water partition coefficient (Wildman–Crippen LogP) is 1.56. The highest BCUT2D eigenvalue weighted by Crippen LogP contribution is 2.10. The van der Waals surface area contributed by atoms with E-state index >= 15 is 0 Å². The lowest BCUT2D eigenvalue weighted by Crippen LogP contribution is -2.39. The topological polar surface area (TPSA) is 49.4 Å². The minimum Gasteiger partial charge on any atom is -0.348 e. The maximum atomic E-state index is 11.7. The highest BCUT2D eigenvalue weighted by atomic mass is 35.5. The summed E-state index contributed by atoms with van der Waals surface area (Å²) in [6.45, 7) is 1.92. The van der Waals surface area contributed by atoms with Gasteiger partial charge in [-0.1, -0.05) is 30.3 Å². The smallest absolute Gasteiger partial charge is 0.240 e. The molecule has 1 aromatic rings. The van der Waals surface area contributed by atoms with Gasteiger partial charge in [0.05, 0.1) is 12.6 Å². The van der Waals surface area contributed by atoms with E-state index in [9.17, 15) is 9.59 Å². The van der Waals surface area contributed by atoms with Gasteiger partial charge in [-0.15, -0.1) is 11.6 Å². The van der Waals surface area contributed by atoms with Gasteiger partial charge in [0.15, 0.2) is 0 Å². The molecule has 1 N–H and O–H groups in total. The van der Waals surface area contributed by atoms with Crippen LogP contribution in [0.25, 0.3) is 0 Å². The normalized spacial score (nSPS) is 11.7. The molecule has 0 radical (unpaired) electrons. The summed E-state index contributed by atoms with van der Waals surface area (Å²) in [6, 6.07) is 9.56. The molecule has 0 saturated carbocycles. The van der Waals surface area contributed by atoms with Crippen molar-refractivity contribution in [2.24, 2.45) is 0 Å². The van der Waals surface area contributed by atoms with Crippen molar-refractivity contribution in [3.63, 3.8) is 0 Å². The van der Waals surface area contributed by atoms with Gasteiger partial charge in [-0.2, -0.15) is 0 Å². The molecule has 0 aliphatic rings. The Morgan fingerprint density at radius 3 is 2.50 bits per heavy atom. The number of likely N-dealkylation sites (N-methyl/N-ethyl adjacent to an activating group) is 1. The number of alkyl halides is 1. The van der Waals surface area contributed by atoms with E-state index in [0.717, 1.165) is 5.56 Å². The molecule has 18 heavy (non-hydrogen) atoms. The average Bonchev–Trinajstić information content (AvgIpc) is 2.38. The van der Waals surface area contributed by atoms with Gasteiger partial charge in [-0.25, -0.2) is 0 Å². The third-order valence-corrected chi connectivity index (χ3v) is 2.83. The van der Waals surface area contributed by atoms with Crippen LogP contribution in [0.5, 0.6) is 0 Å². The molecule has 1 rings (SSSR count). The molecule has 0 spiro atoms. The predicted molar refractivity (Wildman–Crippen MR) is 71.4 cm³/mol. The number of carbonyl (C=O) groups excluding carboxylic acids is 2. The summed E-state index contributed by atoms with van der Waals surface area (Å²) in [4.78, 5) is 24.2. The Balaban J connectivity index is 2.48. The quantitative estimate of drug-likeness (QED) is 0.824. The second kappa shape index (κ2) is 7.01. The van der Waals surface area contributed by atoms with Crippen LogP contribution < -0.4 is 5.32 Å². The van der Waals surface area contributed by atoms with Crippen LogP contribution >= 0.6 is 11.6 Å². The second-order valence-corrected chi connectivity index (χ2v) is 4.35. The summed E-state index contributed by atoms with van der Waals surface area (Å²) in [6.07, 6.45) is 0. The van der Waals surface area contributed by atoms with Gasteiger partial charge in [-0.05, 0) is 12.5 Å². The van der Waals surface area contributed by atoms with Crippen molar-refractivity contribution in [1.29, 1.82) is 0 Å². The number of nitrogens with zero attached hydrogens (tertiary/aromatic N) is 1. The lowest BCUT2D eigenvalue weighted by atomic mass is 10.1. The van der Waals surface area contributed by atoms with Crippen LogP contribution in [0.4, 0.5) is 0 Å². The summed E-state index contributed by atoms with van der Waals surface area (Å²) in [5.74, 6) is -0.579. The molecule has 4 nitrogen and oxygen atoms in total. The number of carbonyl (C=O) groups is 2. The first-order valence-corrected chi connectivity index (χ1v) is 6.22. The van der Waals surface area contributed by atoms with Crippen LogP contribution in [0.2, 0.25) is 0 Å². The zero-order chi connectivity index (χ0) is 13.5. The van der Waals surface area contributed by atoms with Gasteiger partial charge in [0, 0.05) is 7.05 Å². The molecule has 5 heteroatoms. The molecule has 98 valence electrons. The summed E-state index contributed by atoms with van der Waals surface area (Å²) in [5.41, 5.74) is 1.03. The fourth-order valence-electron chi connectivity index (χ4n) is 1.52. The Morgan fingerprint density at radius 1 is 1.33 bits per heavy atom. The lowest BCUT2D eigenvalue weighted by Gasteiger charge is -2.18. The molecule has 0 aliphatic carbocycles. The molecule has 0 aliphatic heterocycles. The van der Waals surface area contributed by atoms with Crippen molar-refractivity contribution in [2.75, 3.05) is 19.5 Å². The Labute approximate surface area is 112 Å². The number of hydrogen-bond donors (Lipinski definition) is 1. The first-order valence-electron chi connectivity index (χ1n) is 5.69. The first kappa shape index (κ1) is 14.5. The lowest BCUT2D eigenvalue weighted by molar-refractivity contribution is -0.133. The average molecular weight is 269 g/mol. The Hall–Kier alpha value is -1.55. The van der Waals surface area contributed by atoms with Crippen molar-refractivity contribution in [3.8, 4) is 0 Å². The Kier molecular flexibility index (Phi) is 5.65. The number of halogens is 1. The van der Waals surface area contributed by atoms with E-state index in [1.165, 1.54) is 4.90 Å². The van der Waals surface area contributed by atoms with E-state index in [-0.39, 0.29) is 30.3 Å². The van der Waals surface area contributed by atoms with E-state index in [1.807, 2.05) is 37.3 Å². The van der Waals surface area contributed by atoms with E-state index in [0.29, 0.717) is 0 Å². The zero-order valence-electron chi connectivity index (χ0n) is 10.5. The molecular formula is C13H17ClN2O2. The molecule has 0 aromatic heterocycles. The number of rotatable bonds is 5. The molecule has 0 saturated heterocycles. The van der Waals surface area contributed by atoms with Crippen LogP contribution in [0.1, 0.15) is 18.5 Å². The van der Waals surface area contributed by atoms with Crippen molar-refractivity contribution < 1.29 is 9.59 Å². The van der Waals surface area contributed by atoms with Crippen LogP contribution in [0.3, 0.4) is 0 Å². The second-order valence-electron chi connectivity index (χ2n) is 4.08. The van der Waals surface area contributed by atoms with E-state index in [2.05, 4.69) is 5.32 Å². The molecule has 1 atom stereocenters. The highest BCUT2D eigenvalue weighted by Gasteiger charge is 2.14. The molecule has 1 unspecified atom stereocenters. The van der Waals surface area contributed by atoms with Gasteiger partial charge in [0.1, 0.15) is 5.88 Å². The number of nitrogens with one attached hydrogen (secondary N) is 1. The molecule has 2 amide bonds. The SMILES string of the molecule is CC(NC(=O)CN(C)C(=O)CCl)c1ccccc1.